The van der Waals surface area contributed by atoms with E-state index < -0.39 is 4.92 Å². The molecule has 1 aromatic rings. The molecule has 0 unspecified atom stereocenters. The molecule has 64 valence electrons. The maximum absolute atomic E-state index is 10.3. The lowest BCUT2D eigenvalue weighted by Crippen LogP contribution is -1.90. The fourth-order valence-electron chi connectivity index (χ4n) is 0.886. The molecule has 0 saturated carbocycles. The molecule has 0 bridgehead atoms. The van der Waals surface area contributed by atoms with Crippen molar-refractivity contribution in [2.45, 2.75) is 12.3 Å². The molecule has 1 atom stereocenters. The van der Waals surface area contributed by atoms with Crippen LogP contribution in [0, 0.1) is 10.1 Å². The number of non-ortho nitro benzene ring substituents is 1. The number of nitro groups is 1. The third-order valence-corrected chi connectivity index (χ3v) is 1.79. The molecule has 0 heterocycles. The summed E-state index contributed by atoms with van der Waals surface area (Å²) >= 11 is 5.76. The van der Waals surface area contributed by atoms with E-state index in [1.165, 1.54) is 12.1 Å². The molecular formula is C8H8ClNO2. The average Bonchev–Trinajstić information content (AvgIpc) is 2.04. The number of nitrogens with zero attached hydrogens (tertiary/aromatic N) is 1. The van der Waals surface area contributed by atoms with Crippen molar-refractivity contribution in [2.24, 2.45) is 0 Å². The zero-order valence-electron chi connectivity index (χ0n) is 6.53. The zero-order valence-corrected chi connectivity index (χ0v) is 7.28. The van der Waals surface area contributed by atoms with E-state index in [9.17, 15) is 10.1 Å². The maximum atomic E-state index is 10.3. The Morgan fingerprint density at radius 3 is 2.75 bits per heavy atom. The van der Waals surface area contributed by atoms with E-state index in [1.807, 2.05) is 0 Å². The van der Waals surface area contributed by atoms with E-state index in [4.69, 9.17) is 11.6 Å². The molecule has 3 nitrogen and oxygen atoms in total. The highest BCUT2D eigenvalue weighted by molar-refractivity contribution is 6.20. The van der Waals surface area contributed by atoms with Crippen molar-refractivity contribution in [3.05, 3.63) is 39.9 Å². The second-order valence-corrected chi connectivity index (χ2v) is 3.12. The van der Waals surface area contributed by atoms with Crippen LogP contribution in [-0.4, -0.2) is 4.92 Å². The Morgan fingerprint density at radius 1 is 1.58 bits per heavy atom. The van der Waals surface area contributed by atoms with Gasteiger partial charge in [-0.05, 0) is 12.5 Å². The molecule has 12 heavy (non-hydrogen) atoms. The highest BCUT2D eigenvalue weighted by atomic mass is 35.5. The van der Waals surface area contributed by atoms with Crippen LogP contribution >= 0.6 is 11.6 Å². The highest BCUT2D eigenvalue weighted by Crippen LogP contribution is 2.22. The fraction of sp³-hybridized carbons (Fsp3) is 0.250. The van der Waals surface area contributed by atoms with Crippen LogP contribution in [0.15, 0.2) is 24.3 Å². The standard InChI is InChI=1S/C8H8ClNO2/c1-6(9)7-3-2-4-8(5-7)10(11)12/h2-6H,1H3/t6-/m1/s1. The Kier molecular flexibility index (Phi) is 2.65. The molecule has 1 rings (SSSR count). The molecular weight excluding hydrogens is 178 g/mol. The summed E-state index contributed by atoms with van der Waals surface area (Å²) < 4.78 is 0. The van der Waals surface area contributed by atoms with Gasteiger partial charge in [-0.2, -0.15) is 0 Å². The number of hydrogen-bond donors (Lipinski definition) is 0. The van der Waals surface area contributed by atoms with E-state index in [2.05, 4.69) is 0 Å². The average molecular weight is 186 g/mol. The van der Waals surface area contributed by atoms with E-state index in [0.717, 1.165) is 5.56 Å². The van der Waals surface area contributed by atoms with E-state index in [-0.39, 0.29) is 11.1 Å². The third kappa shape index (κ3) is 1.95. The molecule has 0 N–H and O–H groups in total. The molecule has 0 aliphatic carbocycles. The lowest BCUT2D eigenvalue weighted by molar-refractivity contribution is -0.384. The number of nitro benzene ring substituents is 1. The first-order valence-corrected chi connectivity index (χ1v) is 3.93. The van der Waals surface area contributed by atoms with Crippen molar-refractivity contribution in [2.75, 3.05) is 0 Å². The van der Waals surface area contributed by atoms with Gasteiger partial charge >= 0.3 is 0 Å². The van der Waals surface area contributed by atoms with Gasteiger partial charge in [0.15, 0.2) is 0 Å². The number of alkyl halides is 1. The van der Waals surface area contributed by atoms with E-state index in [1.54, 1.807) is 19.1 Å². The molecule has 0 aromatic heterocycles. The van der Waals surface area contributed by atoms with E-state index >= 15 is 0 Å². The van der Waals surface area contributed by atoms with Gasteiger partial charge in [0.05, 0.1) is 10.3 Å². The van der Waals surface area contributed by atoms with Gasteiger partial charge in [-0.1, -0.05) is 12.1 Å². The van der Waals surface area contributed by atoms with Crippen LogP contribution in [0.1, 0.15) is 17.9 Å². The van der Waals surface area contributed by atoms with Gasteiger partial charge in [0.25, 0.3) is 5.69 Å². The first-order valence-electron chi connectivity index (χ1n) is 3.49. The summed E-state index contributed by atoms with van der Waals surface area (Å²) in [5.74, 6) is 0. The lowest BCUT2D eigenvalue weighted by atomic mass is 10.1. The van der Waals surface area contributed by atoms with Gasteiger partial charge < -0.3 is 0 Å². The summed E-state index contributed by atoms with van der Waals surface area (Å²) in [6.45, 7) is 1.78. The molecule has 1 aromatic carbocycles. The van der Waals surface area contributed by atoms with E-state index in [0.29, 0.717) is 0 Å². The van der Waals surface area contributed by atoms with Gasteiger partial charge in [-0.3, -0.25) is 10.1 Å². The minimum atomic E-state index is -0.428. The first kappa shape index (κ1) is 9.00. The molecule has 0 fully saturated rings. The quantitative estimate of drug-likeness (QED) is 0.404. The Morgan fingerprint density at radius 2 is 2.25 bits per heavy atom. The lowest BCUT2D eigenvalue weighted by Gasteiger charge is -2.01. The predicted molar refractivity (Wildman–Crippen MR) is 47.4 cm³/mol. The smallest absolute Gasteiger partial charge is 0.258 e. The van der Waals surface area contributed by atoms with Crippen molar-refractivity contribution in [3.8, 4) is 0 Å². The number of benzene rings is 1. The van der Waals surface area contributed by atoms with Gasteiger partial charge in [-0.15, -0.1) is 11.6 Å². The van der Waals surface area contributed by atoms with Crippen molar-refractivity contribution >= 4 is 17.3 Å². The molecule has 4 heteroatoms. The summed E-state index contributed by atoms with van der Waals surface area (Å²) in [4.78, 5) is 9.91. The summed E-state index contributed by atoms with van der Waals surface area (Å²) in [6, 6.07) is 6.33. The molecule has 0 saturated heterocycles. The topological polar surface area (TPSA) is 43.1 Å². The minimum absolute atomic E-state index is 0.0833. The van der Waals surface area contributed by atoms with Crippen molar-refractivity contribution in [1.82, 2.24) is 0 Å². The molecule has 0 spiro atoms. The van der Waals surface area contributed by atoms with Gasteiger partial charge in [-0.25, -0.2) is 0 Å². The third-order valence-electron chi connectivity index (χ3n) is 1.54. The van der Waals surface area contributed by atoms with Crippen molar-refractivity contribution in [1.29, 1.82) is 0 Å². The second-order valence-electron chi connectivity index (χ2n) is 2.47. The van der Waals surface area contributed by atoms with Crippen LogP contribution in [-0.2, 0) is 0 Å². The van der Waals surface area contributed by atoms with Crippen molar-refractivity contribution in [3.63, 3.8) is 0 Å². The number of rotatable bonds is 2. The first-order chi connectivity index (χ1) is 5.61. The largest absolute Gasteiger partial charge is 0.269 e. The van der Waals surface area contributed by atoms with Crippen LogP contribution in [0.4, 0.5) is 5.69 Å². The van der Waals surface area contributed by atoms with Gasteiger partial charge in [0, 0.05) is 12.1 Å². The maximum Gasteiger partial charge on any atom is 0.269 e. The molecule has 0 radical (unpaired) electrons. The molecule has 0 amide bonds. The Hall–Kier alpha value is -1.09. The monoisotopic (exact) mass is 185 g/mol. The fourth-order valence-corrected chi connectivity index (χ4v) is 1.02. The van der Waals surface area contributed by atoms with Crippen LogP contribution in [0.25, 0.3) is 0 Å². The number of hydrogen-bond acceptors (Lipinski definition) is 2. The van der Waals surface area contributed by atoms with Crippen LogP contribution in [0.2, 0.25) is 0 Å². The van der Waals surface area contributed by atoms with Gasteiger partial charge in [0.1, 0.15) is 0 Å². The summed E-state index contributed by atoms with van der Waals surface area (Å²) in [7, 11) is 0. The van der Waals surface area contributed by atoms with Crippen LogP contribution in [0.3, 0.4) is 0 Å². The SMILES string of the molecule is C[C@@H](Cl)c1cccc([N+](=O)[O-])c1. The summed E-state index contributed by atoms with van der Waals surface area (Å²) in [5, 5.41) is 10.1. The highest BCUT2D eigenvalue weighted by Gasteiger charge is 2.07. The normalized spacial score (nSPS) is 12.5. The molecule has 0 aliphatic rings. The second kappa shape index (κ2) is 3.54. The Labute approximate surface area is 75.1 Å². The Bertz CT molecular complexity index is 299. The predicted octanol–water partition coefficient (Wildman–Crippen LogP) is 2.89. The van der Waals surface area contributed by atoms with Gasteiger partial charge in [0.2, 0.25) is 0 Å². The number of halogens is 1. The molecule has 0 aliphatic heterocycles. The van der Waals surface area contributed by atoms with Crippen molar-refractivity contribution < 1.29 is 4.92 Å². The van der Waals surface area contributed by atoms with Crippen LogP contribution < -0.4 is 0 Å². The Balaban J connectivity index is 3.04. The summed E-state index contributed by atoms with van der Waals surface area (Å²) in [6.07, 6.45) is 0. The zero-order chi connectivity index (χ0) is 9.14. The minimum Gasteiger partial charge on any atom is -0.258 e. The van der Waals surface area contributed by atoms with Crippen LogP contribution in [0.5, 0.6) is 0 Å². The summed E-state index contributed by atoms with van der Waals surface area (Å²) in [5.41, 5.74) is 0.853.